The quantitative estimate of drug-likeness (QED) is 0.514. The maximum Gasteiger partial charge on any atom is 0.233 e. The van der Waals surface area contributed by atoms with Gasteiger partial charge in [0.25, 0.3) is 0 Å². The van der Waals surface area contributed by atoms with Crippen LogP contribution < -0.4 is 5.32 Å². The number of hydrogen-bond acceptors (Lipinski definition) is 4. The van der Waals surface area contributed by atoms with Crippen LogP contribution in [-0.2, 0) is 11.3 Å². The molecule has 0 fully saturated rings. The standard InChI is InChI=1S/C18H16ClN5OS/c1-11(16(25)20-10-12-6-2-3-7-13(12)19)26-18-23-22-17-21-14-8-4-5-9-15(14)24(17)18/h2-9,11H,10H2,1H3,(H,20,25)(H,21,22). The van der Waals surface area contributed by atoms with Crippen molar-refractivity contribution in [2.24, 2.45) is 0 Å². The molecule has 0 saturated heterocycles. The minimum absolute atomic E-state index is 0.0736. The number of benzene rings is 2. The van der Waals surface area contributed by atoms with Crippen LogP contribution in [0.2, 0.25) is 5.02 Å². The average Bonchev–Trinajstić information content (AvgIpc) is 3.20. The molecule has 8 heteroatoms. The monoisotopic (exact) mass is 385 g/mol. The number of halogens is 1. The number of hydrogen-bond donors (Lipinski definition) is 2. The fourth-order valence-electron chi connectivity index (χ4n) is 2.70. The van der Waals surface area contributed by atoms with Crippen molar-refractivity contribution in [2.45, 2.75) is 23.9 Å². The molecule has 0 aliphatic rings. The van der Waals surface area contributed by atoms with Crippen LogP contribution in [0.25, 0.3) is 16.8 Å². The van der Waals surface area contributed by atoms with Crippen molar-refractivity contribution in [1.29, 1.82) is 0 Å². The summed E-state index contributed by atoms with van der Waals surface area (Å²) in [5, 5.41) is 11.2. The highest BCUT2D eigenvalue weighted by molar-refractivity contribution is 8.00. The van der Waals surface area contributed by atoms with Gasteiger partial charge in [0, 0.05) is 11.6 Å². The van der Waals surface area contributed by atoms with E-state index in [2.05, 4.69) is 20.5 Å². The van der Waals surface area contributed by atoms with Crippen LogP contribution in [0, 0.1) is 0 Å². The Kier molecular flexibility index (Phi) is 4.57. The summed E-state index contributed by atoms with van der Waals surface area (Å²) < 4.78 is 1.93. The lowest BCUT2D eigenvalue weighted by atomic mass is 10.2. The van der Waals surface area contributed by atoms with E-state index in [1.165, 1.54) is 11.8 Å². The van der Waals surface area contributed by atoms with Crippen LogP contribution in [0.5, 0.6) is 0 Å². The van der Waals surface area contributed by atoms with Crippen molar-refractivity contribution in [3.05, 3.63) is 59.1 Å². The number of nitrogens with zero attached hydrogens (tertiary/aromatic N) is 3. The largest absolute Gasteiger partial charge is 0.351 e. The van der Waals surface area contributed by atoms with Crippen LogP contribution >= 0.6 is 23.4 Å². The molecule has 2 N–H and O–H groups in total. The lowest BCUT2D eigenvalue weighted by molar-refractivity contribution is -0.120. The number of carbonyl (C=O) groups is 1. The molecule has 2 aromatic carbocycles. The Morgan fingerprint density at radius 2 is 2.04 bits per heavy atom. The SMILES string of the molecule is CC(Sc1n[nH]c2nc3ccccc3n12)C(=O)NCc1ccccc1Cl. The summed E-state index contributed by atoms with van der Waals surface area (Å²) in [5.74, 6) is 0.591. The predicted molar refractivity (Wildman–Crippen MR) is 103 cm³/mol. The van der Waals surface area contributed by atoms with Crippen LogP contribution in [0.3, 0.4) is 0 Å². The topological polar surface area (TPSA) is 75.1 Å². The normalized spacial score (nSPS) is 12.5. The third-order valence-electron chi connectivity index (χ3n) is 4.07. The second-order valence-electron chi connectivity index (χ2n) is 5.84. The molecule has 0 radical (unpaired) electrons. The fourth-order valence-corrected chi connectivity index (χ4v) is 3.80. The molecule has 0 aliphatic heterocycles. The molecule has 0 spiro atoms. The van der Waals surface area contributed by atoms with Crippen molar-refractivity contribution in [3.8, 4) is 0 Å². The van der Waals surface area contributed by atoms with E-state index in [0.29, 0.717) is 22.5 Å². The Bertz CT molecular complexity index is 1090. The van der Waals surface area contributed by atoms with Crippen molar-refractivity contribution >= 4 is 46.1 Å². The van der Waals surface area contributed by atoms with Gasteiger partial charge < -0.3 is 5.32 Å². The molecule has 1 atom stereocenters. The second-order valence-corrected chi connectivity index (χ2v) is 7.55. The Labute approximate surface area is 159 Å². The van der Waals surface area contributed by atoms with Gasteiger partial charge in [0.05, 0.1) is 16.3 Å². The van der Waals surface area contributed by atoms with Crippen molar-refractivity contribution in [2.75, 3.05) is 0 Å². The molecule has 26 heavy (non-hydrogen) atoms. The molecular weight excluding hydrogens is 370 g/mol. The maximum absolute atomic E-state index is 12.5. The Morgan fingerprint density at radius 3 is 2.88 bits per heavy atom. The number of fused-ring (bicyclic) bond motifs is 3. The number of para-hydroxylation sites is 2. The van der Waals surface area contributed by atoms with Gasteiger partial charge in [-0.25, -0.2) is 10.1 Å². The molecular formula is C18H16ClN5OS. The molecule has 4 aromatic rings. The highest BCUT2D eigenvalue weighted by Gasteiger charge is 2.19. The van der Waals surface area contributed by atoms with E-state index in [1.54, 1.807) is 0 Å². The Balaban J connectivity index is 1.49. The molecule has 6 nitrogen and oxygen atoms in total. The summed E-state index contributed by atoms with van der Waals surface area (Å²) in [6, 6.07) is 15.3. The van der Waals surface area contributed by atoms with Crippen LogP contribution in [0.1, 0.15) is 12.5 Å². The minimum Gasteiger partial charge on any atom is -0.351 e. The highest BCUT2D eigenvalue weighted by Crippen LogP contribution is 2.26. The van der Waals surface area contributed by atoms with Gasteiger partial charge in [-0.15, -0.1) is 5.10 Å². The summed E-state index contributed by atoms with van der Waals surface area (Å²) in [5.41, 5.74) is 2.74. The number of H-pyrrole nitrogens is 1. The van der Waals surface area contributed by atoms with Crippen LogP contribution in [0.4, 0.5) is 0 Å². The summed E-state index contributed by atoms with van der Waals surface area (Å²) in [6.45, 7) is 2.25. The third-order valence-corrected chi connectivity index (χ3v) is 5.49. The van der Waals surface area contributed by atoms with Gasteiger partial charge in [-0.1, -0.05) is 53.7 Å². The molecule has 2 aromatic heterocycles. The molecule has 0 aliphatic carbocycles. The van der Waals surface area contributed by atoms with Gasteiger partial charge in [-0.3, -0.25) is 9.20 Å². The van der Waals surface area contributed by atoms with Crippen molar-refractivity contribution in [3.63, 3.8) is 0 Å². The first-order valence-electron chi connectivity index (χ1n) is 8.13. The van der Waals surface area contributed by atoms with E-state index in [4.69, 9.17) is 11.6 Å². The molecule has 1 amide bonds. The van der Waals surface area contributed by atoms with Gasteiger partial charge >= 0.3 is 0 Å². The molecule has 0 saturated carbocycles. The molecule has 0 bridgehead atoms. The zero-order valence-corrected chi connectivity index (χ0v) is 15.5. The Hall–Kier alpha value is -2.51. The highest BCUT2D eigenvalue weighted by atomic mass is 35.5. The van der Waals surface area contributed by atoms with E-state index in [9.17, 15) is 4.79 Å². The maximum atomic E-state index is 12.5. The number of thioether (sulfide) groups is 1. The van der Waals surface area contributed by atoms with E-state index in [1.807, 2.05) is 59.9 Å². The lowest BCUT2D eigenvalue weighted by Crippen LogP contribution is -2.30. The number of nitrogens with one attached hydrogen (secondary N) is 2. The summed E-state index contributed by atoms with van der Waals surface area (Å²) >= 11 is 7.51. The summed E-state index contributed by atoms with van der Waals surface area (Å²) in [4.78, 5) is 16.9. The van der Waals surface area contributed by atoms with Crippen molar-refractivity contribution < 1.29 is 4.79 Å². The van der Waals surface area contributed by atoms with Gasteiger partial charge in [-0.05, 0) is 30.7 Å². The third kappa shape index (κ3) is 3.15. The van der Waals surface area contributed by atoms with E-state index >= 15 is 0 Å². The number of rotatable bonds is 5. The molecule has 1 unspecified atom stereocenters. The number of aromatic nitrogens is 4. The zero-order valence-electron chi connectivity index (χ0n) is 13.9. The number of amides is 1. The molecule has 4 rings (SSSR count). The predicted octanol–water partition coefficient (Wildman–Crippen LogP) is 3.66. The van der Waals surface area contributed by atoms with E-state index in [0.717, 1.165) is 16.6 Å². The Morgan fingerprint density at radius 1 is 1.27 bits per heavy atom. The first-order chi connectivity index (χ1) is 12.6. The number of aromatic amines is 1. The number of carbonyl (C=O) groups excluding carboxylic acids is 1. The zero-order chi connectivity index (χ0) is 18.1. The molecule has 2 heterocycles. The van der Waals surface area contributed by atoms with Crippen LogP contribution in [0.15, 0.2) is 53.7 Å². The minimum atomic E-state index is -0.315. The van der Waals surface area contributed by atoms with Crippen LogP contribution in [-0.4, -0.2) is 30.7 Å². The van der Waals surface area contributed by atoms with Gasteiger partial charge in [0.15, 0.2) is 5.16 Å². The average molecular weight is 386 g/mol. The second kappa shape index (κ2) is 7.01. The number of imidazole rings is 1. The van der Waals surface area contributed by atoms with E-state index in [-0.39, 0.29) is 11.2 Å². The summed E-state index contributed by atoms with van der Waals surface area (Å²) in [7, 11) is 0. The van der Waals surface area contributed by atoms with E-state index < -0.39 is 0 Å². The van der Waals surface area contributed by atoms with Gasteiger partial charge in [-0.2, -0.15) is 0 Å². The smallest absolute Gasteiger partial charge is 0.233 e. The first kappa shape index (κ1) is 16.9. The summed E-state index contributed by atoms with van der Waals surface area (Å²) in [6.07, 6.45) is 0. The fraction of sp³-hybridized carbons (Fsp3) is 0.167. The molecule has 132 valence electrons. The van der Waals surface area contributed by atoms with Gasteiger partial charge in [0.2, 0.25) is 11.7 Å². The van der Waals surface area contributed by atoms with Gasteiger partial charge in [0.1, 0.15) is 0 Å². The lowest BCUT2D eigenvalue weighted by Gasteiger charge is -2.11. The first-order valence-corrected chi connectivity index (χ1v) is 9.38. The van der Waals surface area contributed by atoms with Crippen molar-refractivity contribution in [1.82, 2.24) is 24.9 Å².